The first-order chi connectivity index (χ1) is 7.96. The zero-order valence-electron chi connectivity index (χ0n) is 9.21. The van der Waals surface area contributed by atoms with Crippen LogP contribution in [0.4, 0.5) is 0 Å². The van der Waals surface area contributed by atoms with E-state index in [2.05, 4.69) is 11.3 Å². The molecular weight excluding hydrogens is 224 g/mol. The van der Waals surface area contributed by atoms with Gasteiger partial charge in [-0.25, -0.2) is 9.59 Å². The molecule has 0 atom stereocenters. The normalized spacial score (nSPS) is 10.9. The van der Waals surface area contributed by atoms with Crippen molar-refractivity contribution in [3.63, 3.8) is 0 Å². The summed E-state index contributed by atoms with van der Waals surface area (Å²) in [5.74, 6) is -3.22. The first kappa shape index (κ1) is 12.9. The number of hydrogen-bond acceptors (Lipinski definition) is 3. The Morgan fingerprint density at radius 1 is 1.18 bits per heavy atom. The Hall–Kier alpha value is -2.14. The molecule has 0 fully saturated rings. The van der Waals surface area contributed by atoms with E-state index in [1.165, 1.54) is 0 Å². The molecule has 1 aromatic rings. The van der Waals surface area contributed by atoms with Gasteiger partial charge >= 0.3 is 11.9 Å². The van der Waals surface area contributed by atoms with Gasteiger partial charge < -0.3 is 14.9 Å². The number of carboxylic acid groups (broad SMARTS) is 2. The highest BCUT2D eigenvalue weighted by molar-refractivity contribution is 6.14. The smallest absolute Gasteiger partial charge is 0.352 e. The molecule has 0 aliphatic heterocycles. The fourth-order valence-corrected chi connectivity index (χ4v) is 1.49. The monoisotopic (exact) mass is 236 g/mol. The molecule has 1 aromatic carbocycles. The van der Waals surface area contributed by atoms with Gasteiger partial charge in [0, 0.05) is 12.7 Å². The van der Waals surface area contributed by atoms with Crippen LogP contribution in [0, 0.1) is 0 Å². The zero-order valence-corrected chi connectivity index (χ0v) is 9.21. The van der Waals surface area contributed by atoms with Gasteiger partial charge in [-0.1, -0.05) is 36.9 Å². The van der Waals surface area contributed by atoms with Crippen LogP contribution in [0.2, 0.25) is 0 Å². The van der Waals surface area contributed by atoms with Crippen LogP contribution >= 0.6 is 0 Å². The summed E-state index contributed by atoms with van der Waals surface area (Å²) in [7, 11) is 1.02. The number of benzene rings is 1. The predicted molar refractivity (Wildman–Crippen MR) is 60.5 cm³/mol. The molecule has 0 aromatic heterocycles. The summed E-state index contributed by atoms with van der Waals surface area (Å²) < 4.78 is 4.68. The highest BCUT2D eigenvalue weighted by atomic mass is 16.5. The molecule has 5 heteroatoms. The molecule has 1 rings (SSSR count). The molecule has 2 N–H and O–H groups in total. The van der Waals surface area contributed by atoms with Crippen LogP contribution in [0.15, 0.2) is 36.9 Å². The summed E-state index contributed by atoms with van der Waals surface area (Å²) in [5.41, 5.74) is -2.18. The first-order valence-corrected chi connectivity index (χ1v) is 4.73. The molecule has 0 amide bonds. The van der Waals surface area contributed by atoms with Crippen molar-refractivity contribution in [2.24, 2.45) is 0 Å². The van der Waals surface area contributed by atoms with Gasteiger partial charge in [-0.15, -0.1) is 0 Å². The van der Waals surface area contributed by atoms with Crippen LogP contribution < -0.4 is 0 Å². The minimum absolute atomic E-state index is 0.124. The van der Waals surface area contributed by atoms with Gasteiger partial charge in [0.25, 0.3) is 5.60 Å². The molecule has 0 radical (unpaired) electrons. The Bertz CT molecular complexity index is 435. The van der Waals surface area contributed by atoms with Gasteiger partial charge in [0.1, 0.15) is 0 Å². The second-order valence-electron chi connectivity index (χ2n) is 3.34. The van der Waals surface area contributed by atoms with Crippen molar-refractivity contribution in [2.75, 3.05) is 7.11 Å². The number of hydrogen-bond donors (Lipinski definition) is 2. The largest absolute Gasteiger partial charge is 0.478 e. The van der Waals surface area contributed by atoms with E-state index < -0.39 is 17.5 Å². The third-order valence-corrected chi connectivity index (χ3v) is 2.46. The Morgan fingerprint density at radius 3 is 2.00 bits per heavy atom. The summed E-state index contributed by atoms with van der Waals surface area (Å²) in [4.78, 5) is 22.3. The summed E-state index contributed by atoms with van der Waals surface area (Å²) in [6.45, 7) is 3.52. The number of rotatable bonds is 5. The Kier molecular flexibility index (Phi) is 3.65. The molecular formula is C12H12O5. The topological polar surface area (TPSA) is 83.8 Å². The highest BCUT2D eigenvalue weighted by Gasteiger charge is 2.50. The van der Waals surface area contributed by atoms with Gasteiger partial charge in [0.05, 0.1) is 0 Å². The van der Waals surface area contributed by atoms with E-state index >= 15 is 0 Å². The number of aliphatic carboxylic acids is 2. The lowest BCUT2D eigenvalue weighted by molar-refractivity contribution is -0.171. The van der Waals surface area contributed by atoms with E-state index in [0.29, 0.717) is 5.56 Å². The van der Waals surface area contributed by atoms with Crippen molar-refractivity contribution in [1.29, 1.82) is 0 Å². The molecule has 0 saturated heterocycles. The van der Waals surface area contributed by atoms with Gasteiger partial charge in [0.15, 0.2) is 0 Å². The average Bonchev–Trinajstić information content (AvgIpc) is 2.30. The Labute approximate surface area is 98.0 Å². The number of ether oxygens (including phenoxy) is 1. The van der Waals surface area contributed by atoms with E-state index in [-0.39, 0.29) is 5.57 Å². The SMILES string of the molecule is C=C(c1ccccc1)C(OC)(C(=O)O)C(=O)O. The summed E-state index contributed by atoms with van der Waals surface area (Å²) in [6, 6.07) is 8.19. The fraction of sp³-hybridized carbons (Fsp3) is 0.167. The second kappa shape index (κ2) is 4.80. The Morgan fingerprint density at radius 2 is 1.65 bits per heavy atom. The van der Waals surface area contributed by atoms with Crippen LogP contribution in [-0.4, -0.2) is 34.9 Å². The number of carbonyl (C=O) groups is 2. The third-order valence-electron chi connectivity index (χ3n) is 2.46. The Balaban J connectivity index is 3.31. The second-order valence-corrected chi connectivity index (χ2v) is 3.34. The van der Waals surface area contributed by atoms with Crippen molar-refractivity contribution >= 4 is 17.5 Å². The summed E-state index contributed by atoms with van der Waals surface area (Å²) in [6.07, 6.45) is 0. The summed E-state index contributed by atoms with van der Waals surface area (Å²) in [5, 5.41) is 18.1. The standard InChI is InChI=1S/C12H12O5/c1-8(9-6-4-3-5-7-9)12(17-2,10(13)14)11(15)16/h3-7H,1H2,2H3,(H,13,14)(H,15,16). The maximum Gasteiger partial charge on any atom is 0.352 e. The minimum atomic E-state index is -2.46. The molecule has 0 saturated carbocycles. The molecule has 0 aliphatic carbocycles. The maximum absolute atomic E-state index is 11.1. The van der Waals surface area contributed by atoms with Crippen molar-refractivity contribution in [3.8, 4) is 0 Å². The van der Waals surface area contributed by atoms with E-state index in [9.17, 15) is 9.59 Å². The highest BCUT2D eigenvalue weighted by Crippen LogP contribution is 2.29. The van der Waals surface area contributed by atoms with Crippen LogP contribution in [0.3, 0.4) is 0 Å². The first-order valence-electron chi connectivity index (χ1n) is 4.73. The molecule has 0 bridgehead atoms. The van der Waals surface area contributed by atoms with Crippen LogP contribution in [0.5, 0.6) is 0 Å². The molecule has 90 valence electrons. The van der Waals surface area contributed by atoms with Gasteiger partial charge in [0.2, 0.25) is 0 Å². The van der Waals surface area contributed by atoms with E-state index in [4.69, 9.17) is 10.2 Å². The van der Waals surface area contributed by atoms with E-state index in [0.717, 1.165) is 7.11 Å². The lowest BCUT2D eigenvalue weighted by Crippen LogP contribution is -2.49. The average molecular weight is 236 g/mol. The van der Waals surface area contributed by atoms with Gasteiger partial charge in [-0.3, -0.25) is 0 Å². The number of carboxylic acids is 2. The molecule has 17 heavy (non-hydrogen) atoms. The molecule has 0 spiro atoms. The minimum Gasteiger partial charge on any atom is -0.478 e. The maximum atomic E-state index is 11.1. The molecule has 0 heterocycles. The quantitative estimate of drug-likeness (QED) is 0.752. The third kappa shape index (κ3) is 2.05. The molecule has 0 unspecified atom stereocenters. The van der Waals surface area contributed by atoms with Crippen molar-refractivity contribution in [3.05, 3.63) is 42.5 Å². The lowest BCUT2D eigenvalue weighted by Gasteiger charge is -2.25. The van der Waals surface area contributed by atoms with E-state index in [1.807, 2.05) is 0 Å². The van der Waals surface area contributed by atoms with Crippen LogP contribution in [0.1, 0.15) is 5.56 Å². The van der Waals surface area contributed by atoms with E-state index in [1.54, 1.807) is 30.3 Å². The van der Waals surface area contributed by atoms with Crippen LogP contribution in [0.25, 0.3) is 5.57 Å². The predicted octanol–water partition coefficient (Wildman–Crippen LogP) is 1.25. The van der Waals surface area contributed by atoms with Gasteiger partial charge in [-0.2, -0.15) is 0 Å². The molecule has 0 aliphatic rings. The van der Waals surface area contributed by atoms with Crippen LogP contribution in [-0.2, 0) is 14.3 Å². The van der Waals surface area contributed by atoms with Crippen molar-refractivity contribution in [1.82, 2.24) is 0 Å². The van der Waals surface area contributed by atoms with Crippen molar-refractivity contribution < 1.29 is 24.5 Å². The fourth-order valence-electron chi connectivity index (χ4n) is 1.49. The van der Waals surface area contributed by atoms with Crippen molar-refractivity contribution in [2.45, 2.75) is 5.60 Å². The summed E-state index contributed by atoms with van der Waals surface area (Å²) >= 11 is 0. The molecule has 5 nitrogen and oxygen atoms in total. The number of methoxy groups -OCH3 is 1. The van der Waals surface area contributed by atoms with Gasteiger partial charge in [-0.05, 0) is 5.56 Å². The lowest BCUT2D eigenvalue weighted by atomic mass is 9.89. The zero-order chi connectivity index (χ0) is 13.1.